The molecule has 112 valence electrons. The fourth-order valence-corrected chi connectivity index (χ4v) is 3.40. The van der Waals surface area contributed by atoms with Gasteiger partial charge in [-0.1, -0.05) is 6.92 Å². The van der Waals surface area contributed by atoms with Crippen LogP contribution in [0, 0.1) is 0 Å². The molecule has 1 aromatic rings. The number of aromatic nitrogens is 3. The Labute approximate surface area is 130 Å². The van der Waals surface area contributed by atoms with Crippen LogP contribution in [0.4, 0.5) is 11.9 Å². The highest BCUT2D eigenvalue weighted by atomic mass is 35.5. The maximum Gasteiger partial charge on any atom is 0.231 e. The molecule has 2 heterocycles. The van der Waals surface area contributed by atoms with E-state index in [4.69, 9.17) is 11.6 Å². The molecule has 1 saturated heterocycles. The molecule has 0 aromatic carbocycles. The van der Waals surface area contributed by atoms with Crippen LogP contribution in [-0.2, 0) is 0 Å². The third-order valence-electron chi connectivity index (χ3n) is 3.67. The standard InChI is InChI=1S/C13H22ClN5S/c1-4-10(9-20-3)18(2)12-15-11(14)16-13(17-12)19-7-5-6-8-19/h10H,4-9H2,1-3H3. The van der Waals surface area contributed by atoms with Gasteiger partial charge in [0.2, 0.25) is 17.2 Å². The van der Waals surface area contributed by atoms with Gasteiger partial charge in [-0.05, 0) is 37.1 Å². The average Bonchev–Trinajstić information content (AvgIpc) is 2.97. The number of rotatable bonds is 6. The van der Waals surface area contributed by atoms with E-state index in [-0.39, 0.29) is 5.28 Å². The first-order valence-corrected chi connectivity index (χ1v) is 8.81. The lowest BCUT2D eigenvalue weighted by Gasteiger charge is -2.27. The smallest absolute Gasteiger partial charge is 0.231 e. The van der Waals surface area contributed by atoms with Crippen molar-refractivity contribution in [1.82, 2.24) is 15.0 Å². The molecule has 1 fully saturated rings. The van der Waals surface area contributed by atoms with Crippen molar-refractivity contribution in [3.63, 3.8) is 0 Å². The molecule has 0 saturated carbocycles. The van der Waals surface area contributed by atoms with E-state index in [9.17, 15) is 0 Å². The summed E-state index contributed by atoms with van der Waals surface area (Å²) in [6, 6.07) is 0.412. The van der Waals surface area contributed by atoms with E-state index in [1.54, 1.807) is 0 Å². The zero-order valence-corrected chi connectivity index (χ0v) is 13.9. The number of thioether (sulfide) groups is 1. The van der Waals surface area contributed by atoms with Gasteiger partial charge in [-0.25, -0.2) is 0 Å². The second-order valence-corrected chi connectivity index (χ2v) is 6.28. The summed E-state index contributed by atoms with van der Waals surface area (Å²) >= 11 is 7.91. The first-order chi connectivity index (χ1) is 9.65. The largest absolute Gasteiger partial charge is 0.341 e. The molecule has 1 aliphatic heterocycles. The molecule has 1 unspecified atom stereocenters. The highest BCUT2D eigenvalue weighted by Crippen LogP contribution is 2.22. The second-order valence-electron chi connectivity index (χ2n) is 5.03. The molecular formula is C13H22ClN5S. The van der Waals surface area contributed by atoms with E-state index < -0.39 is 0 Å². The summed E-state index contributed by atoms with van der Waals surface area (Å²) in [6.45, 7) is 4.19. The van der Waals surface area contributed by atoms with Crippen LogP contribution in [0.3, 0.4) is 0 Å². The number of hydrogen-bond donors (Lipinski definition) is 0. The minimum atomic E-state index is 0.280. The Balaban J connectivity index is 2.21. The first-order valence-electron chi connectivity index (χ1n) is 7.04. The number of halogens is 1. The molecule has 0 bridgehead atoms. The van der Waals surface area contributed by atoms with Crippen molar-refractivity contribution in [2.24, 2.45) is 0 Å². The fourth-order valence-electron chi connectivity index (χ4n) is 2.40. The van der Waals surface area contributed by atoms with Crippen LogP contribution in [0.1, 0.15) is 26.2 Å². The predicted octanol–water partition coefficient (Wildman–Crippen LogP) is 2.70. The number of anilines is 2. The molecule has 7 heteroatoms. The Kier molecular flexibility index (Phi) is 5.72. The molecule has 20 heavy (non-hydrogen) atoms. The van der Waals surface area contributed by atoms with Crippen molar-refractivity contribution in [2.75, 3.05) is 41.9 Å². The van der Waals surface area contributed by atoms with Crippen molar-refractivity contribution in [2.45, 2.75) is 32.2 Å². The second kappa shape index (κ2) is 7.31. The molecule has 0 radical (unpaired) electrons. The zero-order chi connectivity index (χ0) is 14.5. The molecule has 0 spiro atoms. The monoisotopic (exact) mass is 315 g/mol. The van der Waals surface area contributed by atoms with Crippen molar-refractivity contribution in [3.05, 3.63) is 5.28 Å². The summed E-state index contributed by atoms with van der Waals surface area (Å²) in [5, 5.41) is 0.280. The average molecular weight is 316 g/mol. The fraction of sp³-hybridized carbons (Fsp3) is 0.769. The van der Waals surface area contributed by atoms with Gasteiger partial charge in [-0.15, -0.1) is 0 Å². The summed E-state index contributed by atoms with van der Waals surface area (Å²) in [4.78, 5) is 17.5. The summed E-state index contributed by atoms with van der Waals surface area (Å²) in [7, 11) is 2.03. The molecule has 0 aliphatic carbocycles. The van der Waals surface area contributed by atoms with Gasteiger partial charge in [0.25, 0.3) is 0 Å². The summed E-state index contributed by atoms with van der Waals surface area (Å²) < 4.78 is 0. The van der Waals surface area contributed by atoms with Crippen LogP contribution in [0.15, 0.2) is 0 Å². The molecule has 0 N–H and O–H groups in total. The van der Waals surface area contributed by atoms with E-state index >= 15 is 0 Å². The predicted molar refractivity (Wildman–Crippen MR) is 87.1 cm³/mol. The summed E-state index contributed by atoms with van der Waals surface area (Å²) in [6.07, 6.45) is 5.56. The Bertz CT molecular complexity index is 439. The topological polar surface area (TPSA) is 45.2 Å². The van der Waals surface area contributed by atoms with Gasteiger partial charge < -0.3 is 9.80 Å². The third-order valence-corrected chi connectivity index (χ3v) is 4.55. The van der Waals surface area contributed by atoms with Gasteiger partial charge in [0.15, 0.2) is 0 Å². The van der Waals surface area contributed by atoms with Crippen molar-refractivity contribution < 1.29 is 0 Å². The van der Waals surface area contributed by atoms with Crippen LogP contribution in [0.2, 0.25) is 5.28 Å². The summed E-state index contributed by atoms with van der Waals surface area (Å²) in [5.74, 6) is 2.44. The van der Waals surface area contributed by atoms with Gasteiger partial charge in [-0.3, -0.25) is 0 Å². The van der Waals surface area contributed by atoms with Crippen LogP contribution < -0.4 is 9.80 Å². The Morgan fingerprint density at radius 3 is 2.60 bits per heavy atom. The van der Waals surface area contributed by atoms with Gasteiger partial charge in [0, 0.05) is 31.9 Å². The Morgan fingerprint density at radius 2 is 2.00 bits per heavy atom. The van der Waals surface area contributed by atoms with Gasteiger partial charge >= 0.3 is 0 Å². The number of nitrogens with zero attached hydrogens (tertiary/aromatic N) is 5. The minimum absolute atomic E-state index is 0.280. The molecular weight excluding hydrogens is 294 g/mol. The van der Waals surface area contributed by atoms with Crippen LogP contribution in [-0.4, -0.2) is 53.1 Å². The SMILES string of the molecule is CCC(CSC)N(C)c1nc(Cl)nc(N2CCCC2)n1. The lowest BCUT2D eigenvalue weighted by atomic mass is 10.2. The van der Waals surface area contributed by atoms with Gasteiger partial charge in [0.05, 0.1) is 0 Å². The third kappa shape index (κ3) is 3.67. The van der Waals surface area contributed by atoms with Crippen molar-refractivity contribution in [1.29, 1.82) is 0 Å². The van der Waals surface area contributed by atoms with Crippen LogP contribution in [0.25, 0.3) is 0 Å². The minimum Gasteiger partial charge on any atom is -0.341 e. The van der Waals surface area contributed by atoms with Gasteiger partial charge in [-0.2, -0.15) is 26.7 Å². The maximum absolute atomic E-state index is 6.08. The van der Waals surface area contributed by atoms with Crippen LogP contribution in [0.5, 0.6) is 0 Å². The van der Waals surface area contributed by atoms with Crippen LogP contribution >= 0.6 is 23.4 Å². The molecule has 1 atom stereocenters. The van der Waals surface area contributed by atoms with E-state index in [0.29, 0.717) is 17.9 Å². The molecule has 0 amide bonds. The zero-order valence-electron chi connectivity index (χ0n) is 12.3. The van der Waals surface area contributed by atoms with E-state index in [1.165, 1.54) is 12.8 Å². The Hall–Kier alpha value is -0.750. The normalized spacial score (nSPS) is 16.5. The molecule has 2 rings (SSSR count). The van der Waals surface area contributed by atoms with E-state index in [0.717, 1.165) is 25.3 Å². The maximum atomic E-state index is 6.08. The van der Waals surface area contributed by atoms with Gasteiger partial charge in [0.1, 0.15) is 0 Å². The summed E-state index contributed by atoms with van der Waals surface area (Å²) in [5.41, 5.74) is 0. The van der Waals surface area contributed by atoms with E-state index in [2.05, 4.69) is 37.9 Å². The molecule has 1 aromatic heterocycles. The Morgan fingerprint density at radius 1 is 1.30 bits per heavy atom. The van der Waals surface area contributed by atoms with E-state index in [1.807, 2.05) is 18.8 Å². The van der Waals surface area contributed by atoms with Crippen molar-refractivity contribution >= 4 is 35.3 Å². The lowest BCUT2D eigenvalue weighted by Crippen LogP contribution is -2.35. The lowest BCUT2D eigenvalue weighted by molar-refractivity contribution is 0.654. The first kappa shape index (κ1) is 15.6. The molecule has 1 aliphatic rings. The van der Waals surface area contributed by atoms with Crippen molar-refractivity contribution in [3.8, 4) is 0 Å². The quantitative estimate of drug-likeness (QED) is 0.804. The number of hydrogen-bond acceptors (Lipinski definition) is 6. The highest BCUT2D eigenvalue weighted by Gasteiger charge is 2.20. The highest BCUT2D eigenvalue weighted by molar-refractivity contribution is 7.98. The molecule has 5 nitrogen and oxygen atoms in total.